The molecule has 1 atom stereocenters. The highest BCUT2D eigenvalue weighted by Gasteiger charge is 2.23. The third-order valence-electron chi connectivity index (χ3n) is 4.14. The molecule has 1 aliphatic rings. The van der Waals surface area contributed by atoms with Crippen LogP contribution in [-0.2, 0) is 4.79 Å². The van der Waals surface area contributed by atoms with Gasteiger partial charge >= 0.3 is 0 Å². The summed E-state index contributed by atoms with van der Waals surface area (Å²) in [7, 11) is 0. The molecule has 0 saturated carbocycles. The number of ether oxygens (including phenoxy) is 1. The van der Waals surface area contributed by atoms with Crippen molar-refractivity contribution in [1.29, 1.82) is 0 Å². The minimum Gasteiger partial charge on any atom is -0.483 e. The van der Waals surface area contributed by atoms with Crippen LogP contribution in [0.15, 0.2) is 18.2 Å². The zero-order chi connectivity index (χ0) is 15.2. The second kappa shape index (κ2) is 7.46. The fourth-order valence-electron chi connectivity index (χ4n) is 2.83. The molecule has 1 unspecified atom stereocenters. The van der Waals surface area contributed by atoms with Gasteiger partial charge in [-0.2, -0.15) is 0 Å². The van der Waals surface area contributed by atoms with E-state index in [1.54, 1.807) is 0 Å². The van der Waals surface area contributed by atoms with Crippen molar-refractivity contribution in [3.8, 4) is 5.75 Å². The molecule has 1 amide bonds. The van der Waals surface area contributed by atoms with Crippen molar-refractivity contribution in [3.63, 3.8) is 0 Å². The van der Waals surface area contributed by atoms with Gasteiger partial charge in [-0.15, -0.1) is 0 Å². The second-order valence-corrected chi connectivity index (χ2v) is 5.79. The van der Waals surface area contributed by atoms with Crippen LogP contribution < -0.4 is 10.1 Å². The number of hydrogen-bond acceptors (Lipinski definition) is 3. The average Bonchev–Trinajstić information content (AvgIpc) is 2.93. The van der Waals surface area contributed by atoms with Gasteiger partial charge in [-0.1, -0.05) is 19.1 Å². The van der Waals surface area contributed by atoms with Crippen LogP contribution in [-0.4, -0.2) is 43.1 Å². The van der Waals surface area contributed by atoms with Crippen LogP contribution in [0.25, 0.3) is 0 Å². The molecule has 1 saturated heterocycles. The highest BCUT2D eigenvalue weighted by atomic mass is 16.5. The number of likely N-dealkylation sites (tertiary alicyclic amines) is 1. The van der Waals surface area contributed by atoms with Crippen molar-refractivity contribution in [1.82, 2.24) is 10.2 Å². The fourth-order valence-corrected chi connectivity index (χ4v) is 2.83. The smallest absolute Gasteiger partial charge is 0.257 e. The number of amides is 1. The summed E-state index contributed by atoms with van der Waals surface area (Å²) in [5, 5.41) is 2.99. The molecular weight excluding hydrogens is 264 g/mol. The van der Waals surface area contributed by atoms with Gasteiger partial charge in [-0.3, -0.25) is 9.69 Å². The summed E-state index contributed by atoms with van der Waals surface area (Å²) < 4.78 is 5.62. The molecular formula is C17H26N2O2. The third-order valence-corrected chi connectivity index (χ3v) is 4.14. The fraction of sp³-hybridized carbons (Fsp3) is 0.588. The van der Waals surface area contributed by atoms with E-state index < -0.39 is 0 Å². The first-order chi connectivity index (χ1) is 10.1. The Bertz CT molecular complexity index is 488. The lowest BCUT2D eigenvalue weighted by Gasteiger charge is -2.22. The van der Waals surface area contributed by atoms with Crippen molar-refractivity contribution < 1.29 is 9.53 Å². The van der Waals surface area contributed by atoms with Gasteiger partial charge in [-0.25, -0.2) is 0 Å². The van der Waals surface area contributed by atoms with Gasteiger partial charge < -0.3 is 10.1 Å². The van der Waals surface area contributed by atoms with Crippen molar-refractivity contribution >= 4 is 5.91 Å². The normalized spacial score (nSPS) is 18.7. The number of carbonyl (C=O) groups is 1. The molecule has 21 heavy (non-hydrogen) atoms. The highest BCUT2D eigenvalue weighted by Crippen LogP contribution is 2.19. The number of benzene rings is 1. The molecule has 0 aromatic heterocycles. The highest BCUT2D eigenvalue weighted by molar-refractivity contribution is 5.77. The Morgan fingerprint density at radius 3 is 3.00 bits per heavy atom. The molecule has 1 heterocycles. The largest absolute Gasteiger partial charge is 0.483 e. The minimum atomic E-state index is -0.0427. The van der Waals surface area contributed by atoms with Crippen LogP contribution in [0.4, 0.5) is 0 Å². The monoisotopic (exact) mass is 290 g/mol. The Hall–Kier alpha value is -1.55. The summed E-state index contributed by atoms with van der Waals surface area (Å²) >= 11 is 0. The predicted octanol–water partition coefficient (Wildman–Crippen LogP) is 2.28. The summed E-state index contributed by atoms with van der Waals surface area (Å²) in [6.07, 6.45) is 2.40. The van der Waals surface area contributed by atoms with Gasteiger partial charge in [0, 0.05) is 12.6 Å². The molecule has 1 aromatic carbocycles. The van der Waals surface area contributed by atoms with E-state index >= 15 is 0 Å². The van der Waals surface area contributed by atoms with Crippen LogP contribution in [0, 0.1) is 13.8 Å². The summed E-state index contributed by atoms with van der Waals surface area (Å²) in [5.74, 6) is 0.750. The van der Waals surface area contributed by atoms with Crippen LogP contribution in [0.2, 0.25) is 0 Å². The third kappa shape index (κ3) is 4.46. The Balaban J connectivity index is 1.76. The number of hydrogen-bond donors (Lipinski definition) is 1. The molecule has 1 N–H and O–H groups in total. The lowest BCUT2D eigenvalue weighted by molar-refractivity contribution is -0.123. The molecule has 1 aromatic rings. The van der Waals surface area contributed by atoms with Crippen LogP contribution in [0.5, 0.6) is 5.75 Å². The number of aryl methyl sites for hydroxylation is 2. The quantitative estimate of drug-likeness (QED) is 0.874. The number of likely N-dealkylation sites (N-methyl/N-ethyl adjacent to an activating group) is 1. The summed E-state index contributed by atoms with van der Waals surface area (Å²) in [4.78, 5) is 14.3. The van der Waals surface area contributed by atoms with Crippen molar-refractivity contribution in [2.24, 2.45) is 0 Å². The molecule has 0 radical (unpaired) electrons. The first-order valence-corrected chi connectivity index (χ1v) is 7.81. The topological polar surface area (TPSA) is 41.6 Å². The SMILES string of the molecule is CCN1CCCC1CNC(=O)COc1cc(C)ccc1C. The number of nitrogens with zero attached hydrogens (tertiary/aromatic N) is 1. The zero-order valence-electron chi connectivity index (χ0n) is 13.3. The summed E-state index contributed by atoms with van der Waals surface area (Å²) in [6, 6.07) is 6.51. The Labute approximate surface area is 127 Å². The Morgan fingerprint density at radius 2 is 2.24 bits per heavy atom. The number of carbonyl (C=O) groups excluding carboxylic acids is 1. The second-order valence-electron chi connectivity index (χ2n) is 5.79. The van der Waals surface area contributed by atoms with E-state index in [2.05, 4.69) is 17.1 Å². The standard InChI is InChI=1S/C17H26N2O2/c1-4-19-9-5-6-15(19)11-18-17(20)12-21-16-10-13(2)7-8-14(16)3/h7-8,10,15H,4-6,9,11-12H2,1-3H3,(H,18,20). The van der Waals surface area contributed by atoms with E-state index in [-0.39, 0.29) is 12.5 Å². The van der Waals surface area contributed by atoms with Crippen molar-refractivity contribution in [2.75, 3.05) is 26.2 Å². The molecule has 0 bridgehead atoms. The summed E-state index contributed by atoms with van der Waals surface area (Å²) in [6.45, 7) is 9.20. The van der Waals surface area contributed by atoms with E-state index in [1.165, 1.54) is 12.8 Å². The van der Waals surface area contributed by atoms with E-state index in [0.29, 0.717) is 6.04 Å². The van der Waals surface area contributed by atoms with Crippen molar-refractivity contribution in [3.05, 3.63) is 29.3 Å². The Kier molecular flexibility index (Phi) is 5.62. The molecule has 0 aliphatic carbocycles. The molecule has 1 fully saturated rings. The summed E-state index contributed by atoms with van der Waals surface area (Å²) in [5.41, 5.74) is 2.20. The maximum absolute atomic E-state index is 11.9. The van der Waals surface area contributed by atoms with Gasteiger partial charge in [-0.05, 0) is 57.0 Å². The maximum atomic E-state index is 11.9. The average molecular weight is 290 g/mol. The first kappa shape index (κ1) is 15.8. The minimum absolute atomic E-state index is 0.0427. The van der Waals surface area contributed by atoms with Gasteiger partial charge in [0.1, 0.15) is 5.75 Å². The van der Waals surface area contributed by atoms with E-state index in [1.807, 2.05) is 32.0 Å². The van der Waals surface area contributed by atoms with E-state index in [0.717, 1.165) is 36.5 Å². The van der Waals surface area contributed by atoms with Gasteiger partial charge in [0.2, 0.25) is 0 Å². The predicted molar refractivity (Wildman–Crippen MR) is 84.7 cm³/mol. The lowest BCUT2D eigenvalue weighted by atomic mass is 10.1. The number of rotatable bonds is 6. The first-order valence-electron chi connectivity index (χ1n) is 7.81. The molecule has 4 nitrogen and oxygen atoms in total. The zero-order valence-corrected chi connectivity index (χ0v) is 13.3. The van der Waals surface area contributed by atoms with Crippen molar-refractivity contribution in [2.45, 2.75) is 39.7 Å². The Morgan fingerprint density at radius 1 is 1.43 bits per heavy atom. The van der Waals surface area contributed by atoms with Gasteiger partial charge in [0.05, 0.1) is 0 Å². The van der Waals surface area contributed by atoms with Gasteiger partial charge in [0.15, 0.2) is 6.61 Å². The van der Waals surface area contributed by atoms with Gasteiger partial charge in [0.25, 0.3) is 5.91 Å². The van der Waals surface area contributed by atoms with Crippen LogP contribution in [0.3, 0.4) is 0 Å². The van der Waals surface area contributed by atoms with Crippen LogP contribution in [0.1, 0.15) is 30.9 Å². The molecule has 116 valence electrons. The lowest BCUT2D eigenvalue weighted by Crippen LogP contribution is -2.41. The number of nitrogens with one attached hydrogen (secondary N) is 1. The maximum Gasteiger partial charge on any atom is 0.257 e. The molecule has 2 rings (SSSR count). The molecule has 0 spiro atoms. The van der Waals surface area contributed by atoms with Crippen LogP contribution >= 0.6 is 0 Å². The van der Waals surface area contributed by atoms with E-state index in [9.17, 15) is 4.79 Å². The molecule has 4 heteroatoms. The van der Waals surface area contributed by atoms with E-state index in [4.69, 9.17) is 4.74 Å². The molecule has 1 aliphatic heterocycles.